The Morgan fingerprint density at radius 3 is 2.44 bits per heavy atom. The first-order valence-corrected chi connectivity index (χ1v) is 8.28. The average Bonchev–Trinajstić information content (AvgIpc) is 2.58. The summed E-state index contributed by atoms with van der Waals surface area (Å²) in [5.41, 5.74) is 2.63. The predicted octanol–water partition coefficient (Wildman–Crippen LogP) is 1.70. The standard InChI is InChI=1S/C19H21N3O3/c1-12(2)21-18(24)15-7-8-20-17(9-15)13-3-5-14(6-4-13)19(25)22-10-16(23)11-22/h3-9,12,16,23H,10-11H2,1-2H3,(H,21,24). The largest absolute Gasteiger partial charge is 0.389 e. The highest BCUT2D eigenvalue weighted by atomic mass is 16.3. The summed E-state index contributed by atoms with van der Waals surface area (Å²) in [5, 5.41) is 12.2. The smallest absolute Gasteiger partial charge is 0.254 e. The van der Waals surface area contributed by atoms with Crippen LogP contribution in [0.1, 0.15) is 34.6 Å². The highest BCUT2D eigenvalue weighted by Crippen LogP contribution is 2.20. The lowest BCUT2D eigenvalue weighted by molar-refractivity contribution is 0.00589. The Morgan fingerprint density at radius 2 is 1.84 bits per heavy atom. The lowest BCUT2D eigenvalue weighted by atomic mass is 10.0. The Bertz CT molecular complexity index is 781. The van der Waals surface area contributed by atoms with Crippen molar-refractivity contribution in [3.63, 3.8) is 0 Å². The summed E-state index contributed by atoms with van der Waals surface area (Å²) >= 11 is 0. The summed E-state index contributed by atoms with van der Waals surface area (Å²) in [7, 11) is 0. The Kier molecular flexibility index (Phi) is 4.81. The van der Waals surface area contributed by atoms with E-state index >= 15 is 0 Å². The number of carbonyl (C=O) groups excluding carboxylic acids is 2. The second kappa shape index (κ2) is 7.03. The molecular weight excluding hydrogens is 318 g/mol. The monoisotopic (exact) mass is 339 g/mol. The Hall–Kier alpha value is -2.73. The number of carbonyl (C=O) groups is 2. The molecule has 0 unspecified atom stereocenters. The van der Waals surface area contributed by atoms with Crippen LogP contribution in [0.15, 0.2) is 42.6 Å². The van der Waals surface area contributed by atoms with Crippen LogP contribution in [0, 0.1) is 0 Å². The maximum atomic E-state index is 12.2. The van der Waals surface area contributed by atoms with E-state index in [4.69, 9.17) is 0 Å². The van der Waals surface area contributed by atoms with Gasteiger partial charge in [0.2, 0.25) is 0 Å². The molecule has 1 aromatic carbocycles. The molecule has 0 atom stereocenters. The van der Waals surface area contributed by atoms with Crippen molar-refractivity contribution in [2.45, 2.75) is 26.0 Å². The number of likely N-dealkylation sites (tertiary alicyclic amines) is 1. The number of rotatable bonds is 4. The topological polar surface area (TPSA) is 82.5 Å². The molecule has 1 fully saturated rings. The van der Waals surface area contributed by atoms with E-state index < -0.39 is 6.10 Å². The van der Waals surface area contributed by atoms with Crippen LogP contribution in [-0.2, 0) is 0 Å². The first-order valence-electron chi connectivity index (χ1n) is 8.28. The Morgan fingerprint density at radius 1 is 1.16 bits per heavy atom. The molecule has 0 radical (unpaired) electrons. The van der Waals surface area contributed by atoms with Gasteiger partial charge in [0.25, 0.3) is 11.8 Å². The predicted molar refractivity (Wildman–Crippen MR) is 94.2 cm³/mol. The van der Waals surface area contributed by atoms with Gasteiger partial charge in [-0.1, -0.05) is 12.1 Å². The highest BCUT2D eigenvalue weighted by Gasteiger charge is 2.29. The van der Waals surface area contributed by atoms with Gasteiger partial charge in [-0.3, -0.25) is 14.6 Å². The molecule has 1 aromatic heterocycles. The summed E-state index contributed by atoms with van der Waals surface area (Å²) in [6.07, 6.45) is 1.19. The van der Waals surface area contributed by atoms with Gasteiger partial charge in [0, 0.05) is 42.0 Å². The van der Waals surface area contributed by atoms with Crippen LogP contribution in [0.5, 0.6) is 0 Å². The van der Waals surface area contributed by atoms with Crippen LogP contribution in [0.2, 0.25) is 0 Å². The molecule has 0 aliphatic carbocycles. The van der Waals surface area contributed by atoms with Crippen molar-refractivity contribution in [3.05, 3.63) is 53.7 Å². The number of nitrogens with one attached hydrogen (secondary N) is 1. The lowest BCUT2D eigenvalue weighted by Crippen LogP contribution is -2.53. The van der Waals surface area contributed by atoms with Gasteiger partial charge >= 0.3 is 0 Å². The number of aliphatic hydroxyl groups is 1. The summed E-state index contributed by atoms with van der Waals surface area (Å²) in [5.74, 6) is -0.225. The number of nitrogens with zero attached hydrogens (tertiary/aromatic N) is 2. The van der Waals surface area contributed by atoms with Crippen molar-refractivity contribution in [2.24, 2.45) is 0 Å². The zero-order valence-corrected chi connectivity index (χ0v) is 14.3. The molecule has 25 heavy (non-hydrogen) atoms. The van der Waals surface area contributed by atoms with Gasteiger partial charge in [-0.2, -0.15) is 0 Å². The Labute approximate surface area is 146 Å². The number of hydrogen-bond donors (Lipinski definition) is 2. The van der Waals surface area contributed by atoms with Crippen LogP contribution in [0.4, 0.5) is 0 Å². The molecule has 130 valence electrons. The molecule has 0 saturated carbocycles. The van der Waals surface area contributed by atoms with Crippen LogP contribution in [0.25, 0.3) is 11.3 Å². The van der Waals surface area contributed by atoms with E-state index in [0.717, 1.165) is 5.56 Å². The second-order valence-corrected chi connectivity index (χ2v) is 6.50. The van der Waals surface area contributed by atoms with Gasteiger partial charge in [0.15, 0.2) is 0 Å². The van der Waals surface area contributed by atoms with E-state index in [1.165, 1.54) is 0 Å². The maximum Gasteiger partial charge on any atom is 0.254 e. The number of β-amino-alcohol motifs (C(OH)–C–C–N with tert-alkyl or cyclic N) is 1. The van der Waals surface area contributed by atoms with Crippen molar-refractivity contribution in [2.75, 3.05) is 13.1 Å². The molecule has 2 heterocycles. The van der Waals surface area contributed by atoms with Crippen LogP contribution < -0.4 is 5.32 Å². The number of amides is 2. The van der Waals surface area contributed by atoms with Crippen molar-refractivity contribution in [3.8, 4) is 11.3 Å². The minimum Gasteiger partial charge on any atom is -0.389 e. The molecule has 0 bridgehead atoms. The Balaban J connectivity index is 1.76. The highest BCUT2D eigenvalue weighted by molar-refractivity contribution is 5.96. The fraction of sp³-hybridized carbons (Fsp3) is 0.316. The van der Waals surface area contributed by atoms with Gasteiger partial charge < -0.3 is 15.3 Å². The molecule has 2 amide bonds. The molecule has 6 heteroatoms. The molecule has 1 saturated heterocycles. The fourth-order valence-electron chi connectivity index (χ4n) is 2.66. The SMILES string of the molecule is CC(C)NC(=O)c1ccnc(-c2ccc(C(=O)N3CC(O)C3)cc2)c1. The molecule has 2 aromatic rings. The number of hydrogen-bond acceptors (Lipinski definition) is 4. The number of benzene rings is 1. The van der Waals surface area contributed by atoms with E-state index in [-0.39, 0.29) is 17.9 Å². The van der Waals surface area contributed by atoms with Gasteiger partial charge in [-0.15, -0.1) is 0 Å². The van der Waals surface area contributed by atoms with Crippen molar-refractivity contribution < 1.29 is 14.7 Å². The molecular formula is C19H21N3O3. The van der Waals surface area contributed by atoms with Crippen LogP contribution in [-0.4, -0.2) is 52.0 Å². The third kappa shape index (κ3) is 3.85. The molecule has 2 N–H and O–H groups in total. The van der Waals surface area contributed by atoms with Crippen molar-refractivity contribution >= 4 is 11.8 Å². The number of aromatic nitrogens is 1. The van der Waals surface area contributed by atoms with Crippen molar-refractivity contribution in [1.82, 2.24) is 15.2 Å². The molecule has 1 aliphatic heterocycles. The van der Waals surface area contributed by atoms with E-state index in [1.54, 1.807) is 35.4 Å². The van der Waals surface area contributed by atoms with E-state index in [0.29, 0.717) is 29.9 Å². The van der Waals surface area contributed by atoms with Crippen molar-refractivity contribution in [1.29, 1.82) is 0 Å². The minimum absolute atomic E-state index is 0.0643. The van der Waals surface area contributed by atoms with Crippen LogP contribution in [0.3, 0.4) is 0 Å². The normalized spacial score (nSPS) is 14.3. The summed E-state index contributed by atoms with van der Waals surface area (Å²) in [6, 6.07) is 10.6. The van der Waals surface area contributed by atoms with Gasteiger partial charge in [-0.25, -0.2) is 0 Å². The number of pyridine rings is 1. The zero-order valence-electron chi connectivity index (χ0n) is 14.3. The molecule has 3 rings (SSSR count). The molecule has 6 nitrogen and oxygen atoms in total. The number of aliphatic hydroxyl groups excluding tert-OH is 1. The first-order chi connectivity index (χ1) is 11.9. The van der Waals surface area contributed by atoms with Gasteiger partial charge in [-0.05, 0) is 38.1 Å². The lowest BCUT2D eigenvalue weighted by Gasteiger charge is -2.35. The molecule has 1 aliphatic rings. The summed E-state index contributed by atoms with van der Waals surface area (Å²) < 4.78 is 0. The second-order valence-electron chi connectivity index (χ2n) is 6.50. The minimum atomic E-state index is -0.410. The van der Waals surface area contributed by atoms with E-state index in [1.807, 2.05) is 26.0 Å². The maximum absolute atomic E-state index is 12.2. The quantitative estimate of drug-likeness (QED) is 0.888. The van der Waals surface area contributed by atoms with Gasteiger partial charge in [0.05, 0.1) is 11.8 Å². The molecule has 0 spiro atoms. The summed E-state index contributed by atoms with van der Waals surface area (Å²) in [4.78, 5) is 30.2. The zero-order chi connectivity index (χ0) is 18.0. The first kappa shape index (κ1) is 17.1. The third-order valence-corrected chi connectivity index (χ3v) is 4.02. The summed E-state index contributed by atoms with van der Waals surface area (Å²) in [6.45, 7) is 4.59. The third-order valence-electron chi connectivity index (χ3n) is 4.02. The average molecular weight is 339 g/mol. The van der Waals surface area contributed by atoms with E-state index in [2.05, 4.69) is 10.3 Å². The van der Waals surface area contributed by atoms with E-state index in [9.17, 15) is 14.7 Å². The fourth-order valence-corrected chi connectivity index (χ4v) is 2.66. The van der Waals surface area contributed by atoms with Crippen LogP contribution >= 0.6 is 0 Å². The van der Waals surface area contributed by atoms with Gasteiger partial charge in [0.1, 0.15) is 0 Å².